The standard InChI is InChI=1S/C18H21NO3S/c1-13-9-11-17(12-10-13)23(21,22)19-18(14(2)15(3)20)16-7-5-4-6-8-16/h4-12,14,18-19H,1-3H3. The first-order chi connectivity index (χ1) is 10.8. The Morgan fingerprint density at radius 2 is 1.57 bits per heavy atom. The summed E-state index contributed by atoms with van der Waals surface area (Å²) in [6.45, 7) is 5.10. The predicted octanol–water partition coefficient (Wildman–Crippen LogP) is 3.24. The maximum Gasteiger partial charge on any atom is 0.241 e. The Hall–Kier alpha value is -1.98. The van der Waals surface area contributed by atoms with Gasteiger partial charge in [0.2, 0.25) is 10.0 Å². The monoisotopic (exact) mass is 331 g/mol. The van der Waals surface area contributed by atoms with Crippen LogP contribution in [0.5, 0.6) is 0 Å². The van der Waals surface area contributed by atoms with Crippen molar-refractivity contribution >= 4 is 15.8 Å². The molecule has 0 aliphatic heterocycles. The summed E-state index contributed by atoms with van der Waals surface area (Å²) in [5.41, 5.74) is 1.76. The highest BCUT2D eigenvalue weighted by Crippen LogP contribution is 2.25. The molecule has 0 bridgehead atoms. The number of Topliss-reactive ketones (excluding diaryl/α,β-unsaturated/α-hetero) is 1. The van der Waals surface area contributed by atoms with Crippen molar-refractivity contribution in [2.75, 3.05) is 0 Å². The highest BCUT2D eigenvalue weighted by molar-refractivity contribution is 7.89. The van der Waals surface area contributed by atoms with Crippen LogP contribution in [0.4, 0.5) is 0 Å². The smallest absolute Gasteiger partial charge is 0.241 e. The average Bonchev–Trinajstić information content (AvgIpc) is 2.53. The first kappa shape index (κ1) is 17.4. The van der Waals surface area contributed by atoms with E-state index in [1.807, 2.05) is 37.3 Å². The van der Waals surface area contributed by atoms with Crippen molar-refractivity contribution in [2.45, 2.75) is 31.7 Å². The number of benzene rings is 2. The van der Waals surface area contributed by atoms with Crippen molar-refractivity contribution in [1.29, 1.82) is 0 Å². The van der Waals surface area contributed by atoms with E-state index in [0.717, 1.165) is 11.1 Å². The molecule has 4 nitrogen and oxygen atoms in total. The fraction of sp³-hybridized carbons (Fsp3) is 0.278. The number of carbonyl (C=O) groups excluding carboxylic acids is 1. The lowest BCUT2D eigenvalue weighted by Gasteiger charge is -2.24. The lowest BCUT2D eigenvalue weighted by Crippen LogP contribution is -2.35. The Morgan fingerprint density at radius 3 is 2.09 bits per heavy atom. The summed E-state index contributed by atoms with van der Waals surface area (Å²) < 4.78 is 27.9. The van der Waals surface area contributed by atoms with Crippen LogP contribution in [0.15, 0.2) is 59.5 Å². The average molecular weight is 331 g/mol. The van der Waals surface area contributed by atoms with Gasteiger partial charge < -0.3 is 0 Å². The molecule has 2 unspecified atom stereocenters. The molecule has 0 saturated carbocycles. The fourth-order valence-corrected chi connectivity index (χ4v) is 3.61. The van der Waals surface area contributed by atoms with Gasteiger partial charge in [0.15, 0.2) is 0 Å². The molecule has 2 rings (SSSR count). The summed E-state index contributed by atoms with van der Waals surface area (Å²) >= 11 is 0. The number of nitrogens with one attached hydrogen (secondary N) is 1. The largest absolute Gasteiger partial charge is 0.300 e. The molecule has 0 aromatic heterocycles. The number of hydrogen-bond acceptors (Lipinski definition) is 3. The van der Waals surface area contributed by atoms with Crippen molar-refractivity contribution in [3.63, 3.8) is 0 Å². The number of hydrogen-bond donors (Lipinski definition) is 1. The minimum Gasteiger partial charge on any atom is -0.300 e. The molecule has 0 heterocycles. The van der Waals surface area contributed by atoms with Gasteiger partial charge in [-0.3, -0.25) is 4.79 Å². The lowest BCUT2D eigenvalue weighted by atomic mass is 9.93. The molecule has 2 aromatic carbocycles. The Balaban J connectivity index is 2.37. The van der Waals surface area contributed by atoms with Crippen LogP contribution in [-0.4, -0.2) is 14.2 Å². The minimum atomic E-state index is -3.71. The Bertz CT molecular complexity index is 768. The summed E-state index contributed by atoms with van der Waals surface area (Å²) in [5.74, 6) is -0.525. The zero-order chi connectivity index (χ0) is 17.0. The van der Waals surface area contributed by atoms with Crippen LogP contribution in [-0.2, 0) is 14.8 Å². The van der Waals surface area contributed by atoms with Crippen LogP contribution < -0.4 is 4.72 Å². The first-order valence-electron chi connectivity index (χ1n) is 7.45. The molecule has 2 atom stereocenters. The minimum absolute atomic E-state index is 0.0644. The lowest BCUT2D eigenvalue weighted by molar-refractivity contribution is -0.120. The molecule has 0 amide bonds. The second-order valence-electron chi connectivity index (χ2n) is 5.72. The number of ketones is 1. The normalized spacial score (nSPS) is 14.2. The molecule has 0 aliphatic rings. The van der Waals surface area contributed by atoms with E-state index in [2.05, 4.69) is 4.72 Å². The molecule has 122 valence electrons. The maximum absolute atomic E-state index is 12.6. The van der Waals surface area contributed by atoms with Gasteiger partial charge in [-0.2, -0.15) is 0 Å². The molecule has 0 aliphatic carbocycles. The van der Waals surface area contributed by atoms with Gasteiger partial charge in [-0.1, -0.05) is 55.0 Å². The Kier molecular flexibility index (Phi) is 5.34. The molecule has 2 aromatic rings. The van der Waals surface area contributed by atoms with Crippen molar-refractivity contribution in [3.05, 3.63) is 65.7 Å². The van der Waals surface area contributed by atoms with Gasteiger partial charge in [-0.05, 0) is 31.5 Å². The third kappa shape index (κ3) is 4.27. The molecule has 0 spiro atoms. The van der Waals surface area contributed by atoms with Crippen molar-refractivity contribution < 1.29 is 13.2 Å². The summed E-state index contributed by atoms with van der Waals surface area (Å²) in [5, 5.41) is 0. The number of rotatable bonds is 6. The van der Waals surface area contributed by atoms with Crippen LogP contribution >= 0.6 is 0 Å². The van der Waals surface area contributed by atoms with Crippen molar-refractivity contribution in [2.24, 2.45) is 5.92 Å². The molecular formula is C18H21NO3S. The third-order valence-electron chi connectivity index (χ3n) is 3.91. The van der Waals surface area contributed by atoms with Gasteiger partial charge in [0.1, 0.15) is 5.78 Å². The van der Waals surface area contributed by atoms with Crippen LogP contribution in [0.25, 0.3) is 0 Å². The van der Waals surface area contributed by atoms with Crippen LogP contribution in [0.3, 0.4) is 0 Å². The summed E-state index contributed by atoms with van der Waals surface area (Å²) in [6, 6.07) is 15.2. The van der Waals surface area contributed by atoms with E-state index >= 15 is 0 Å². The van der Waals surface area contributed by atoms with E-state index < -0.39 is 22.0 Å². The number of carbonyl (C=O) groups is 1. The van der Waals surface area contributed by atoms with Gasteiger partial charge in [0.25, 0.3) is 0 Å². The summed E-state index contributed by atoms with van der Waals surface area (Å²) in [6.07, 6.45) is 0. The molecule has 1 N–H and O–H groups in total. The van der Waals surface area contributed by atoms with Gasteiger partial charge in [-0.25, -0.2) is 13.1 Å². The zero-order valence-electron chi connectivity index (χ0n) is 13.5. The topological polar surface area (TPSA) is 63.2 Å². The number of sulfonamides is 1. The van der Waals surface area contributed by atoms with Gasteiger partial charge >= 0.3 is 0 Å². The SMILES string of the molecule is CC(=O)C(C)C(NS(=O)(=O)c1ccc(C)cc1)c1ccccc1. The van der Waals surface area contributed by atoms with Crippen LogP contribution in [0.1, 0.15) is 31.0 Å². The molecular weight excluding hydrogens is 310 g/mol. The van der Waals surface area contributed by atoms with E-state index in [1.165, 1.54) is 6.92 Å². The maximum atomic E-state index is 12.6. The second-order valence-corrected chi connectivity index (χ2v) is 7.44. The summed E-state index contributed by atoms with van der Waals surface area (Å²) in [4.78, 5) is 12.0. The van der Waals surface area contributed by atoms with E-state index in [4.69, 9.17) is 0 Å². The predicted molar refractivity (Wildman–Crippen MR) is 90.5 cm³/mol. The fourth-order valence-electron chi connectivity index (χ4n) is 2.31. The molecule has 23 heavy (non-hydrogen) atoms. The second kappa shape index (κ2) is 7.06. The van der Waals surface area contributed by atoms with Gasteiger partial charge in [0, 0.05) is 5.92 Å². The Morgan fingerprint density at radius 1 is 1.00 bits per heavy atom. The Labute approximate surface area is 137 Å². The molecule has 0 radical (unpaired) electrons. The molecule has 5 heteroatoms. The summed E-state index contributed by atoms with van der Waals surface area (Å²) in [7, 11) is -3.71. The third-order valence-corrected chi connectivity index (χ3v) is 5.37. The molecule has 0 saturated heterocycles. The van der Waals surface area contributed by atoms with Gasteiger partial charge in [-0.15, -0.1) is 0 Å². The van der Waals surface area contributed by atoms with E-state index in [0.29, 0.717) is 0 Å². The van der Waals surface area contributed by atoms with Crippen LogP contribution in [0.2, 0.25) is 0 Å². The zero-order valence-corrected chi connectivity index (χ0v) is 14.3. The molecule has 0 fully saturated rings. The quantitative estimate of drug-likeness (QED) is 0.884. The van der Waals surface area contributed by atoms with E-state index in [1.54, 1.807) is 31.2 Å². The first-order valence-corrected chi connectivity index (χ1v) is 8.94. The highest BCUT2D eigenvalue weighted by atomic mass is 32.2. The van der Waals surface area contributed by atoms with E-state index in [-0.39, 0.29) is 10.7 Å². The number of aryl methyl sites for hydroxylation is 1. The van der Waals surface area contributed by atoms with Crippen molar-refractivity contribution in [1.82, 2.24) is 4.72 Å². The van der Waals surface area contributed by atoms with Crippen molar-refractivity contribution in [3.8, 4) is 0 Å². The van der Waals surface area contributed by atoms with Crippen LogP contribution in [0, 0.1) is 12.8 Å². The highest BCUT2D eigenvalue weighted by Gasteiger charge is 2.28. The van der Waals surface area contributed by atoms with Gasteiger partial charge in [0.05, 0.1) is 10.9 Å². The van der Waals surface area contributed by atoms with E-state index in [9.17, 15) is 13.2 Å².